The van der Waals surface area contributed by atoms with Gasteiger partial charge in [0.25, 0.3) is 0 Å². The maximum absolute atomic E-state index is 12.4. The van der Waals surface area contributed by atoms with Crippen LogP contribution in [-0.4, -0.2) is 42.9 Å². The van der Waals surface area contributed by atoms with Gasteiger partial charge < -0.3 is 15.5 Å². The summed E-state index contributed by atoms with van der Waals surface area (Å²) in [5.74, 6) is -0.257. The number of hydrogen-bond acceptors (Lipinski definition) is 3. The molecule has 0 spiro atoms. The van der Waals surface area contributed by atoms with E-state index in [0.717, 1.165) is 17.7 Å². The van der Waals surface area contributed by atoms with E-state index in [1.165, 1.54) is 0 Å². The monoisotopic (exact) mass is 273 g/mol. The number of hydrogen-bond donors (Lipinski definition) is 2. The van der Waals surface area contributed by atoms with Crippen molar-refractivity contribution in [2.24, 2.45) is 0 Å². The van der Waals surface area contributed by atoms with Crippen molar-refractivity contribution in [2.75, 3.05) is 20.1 Å². The number of carbonyl (C=O) groups excluding carboxylic acids is 2. The number of fused-ring (bicyclic) bond motifs is 1. The third-order valence-electron chi connectivity index (χ3n) is 4.15. The summed E-state index contributed by atoms with van der Waals surface area (Å²) in [6.07, 6.45) is 0.697. The number of amides is 2. The van der Waals surface area contributed by atoms with Gasteiger partial charge in [0.15, 0.2) is 0 Å². The highest BCUT2D eigenvalue weighted by molar-refractivity contribution is 5.92. The summed E-state index contributed by atoms with van der Waals surface area (Å²) in [4.78, 5) is 26.0. The summed E-state index contributed by atoms with van der Waals surface area (Å²) in [5, 5.41) is 6.16. The van der Waals surface area contributed by atoms with Gasteiger partial charge in [-0.1, -0.05) is 24.3 Å². The average molecular weight is 273 g/mol. The number of carbonyl (C=O) groups is 2. The van der Waals surface area contributed by atoms with Crippen LogP contribution in [0, 0.1) is 0 Å². The molecule has 0 saturated carbocycles. The van der Waals surface area contributed by atoms with E-state index in [1.54, 1.807) is 11.9 Å². The van der Waals surface area contributed by atoms with E-state index in [1.807, 2.05) is 24.3 Å². The molecular formula is C15H19N3O2. The van der Waals surface area contributed by atoms with Crippen molar-refractivity contribution in [3.05, 3.63) is 35.4 Å². The molecule has 1 aromatic carbocycles. The SMILES string of the molecule is CN1CCC(NC(=O)C2CNCc3ccccc32)C1=O. The Balaban J connectivity index is 1.74. The Morgan fingerprint density at radius 3 is 2.95 bits per heavy atom. The topological polar surface area (TPSA) is 61.4 Å². The predicted molar refractivity (Wildman–Crippen MR) is 75.1 cm³/mol. The molecule has 2 heterocycles. The van der Waals surface area contributed by atoms with Crippen LogP contribution >= 0.6 is 0 Å². The average Bonchev–Trinajstić information content (AvgIpc) is 2.78. The van der Waals surface area contributed by atoms with Crippen LogP contribution in [0.1, 0.15) is 23.5 Å². The number of benzene rings is 1. The number of nitrogens with one attached hydrogen (secondary N) is 2. The van der Waals surface area contributed by atoms with Crippen LogP contribution in [0.15, 0.2) is 24.3 Å². The van der Waals surface area contributed by atoms with Crippen LogP contribution in [0.5, 0.6) is 0 Å². The van der Waals surface area contributed by atoms with Gasteiger partial charge in [-0.15, -0.1) is 0 Å². The van der Waals surface area contributed by atoms with Crippen molar-refractivity contribution in [2.45, 2.75) is 24.9 Å². The van der Waals surface area contributed by atoms with E-state index in [4.69, 9.17) is 0 Å². The molecule has 0 bridgehead atoms. The highest BCUT2D eigenvalue weighted by atomic mass is 16.2. The largest absolute Gasteiger partial charge is 0.344 e. The van der Waals surface area contributed by atoms with Crippen LogP contribution in [0.4, 0.5) is 0 Å². The first-order valence-corrected chi connectivity index (χ1v) is 7.00. The van der Waals surface area contributed by atoms with E-state index in [-0.39, 0.29) is 23.8 Å². The highest BCUT2D eigenvalue weighted by Crippen LogP contribution is 2.24. The first-order valence-electron chi connectivity index (χ1n) is 7.00. The zero-order valence-electron chi connectivity index (χ0n) is 11.6. The standard InChI is InChI=1S/C15H19N3O2/c1-18-7-6-13(15(18)20)17-14(19)12-9-16-8-10-4-2-3-5-11(10)12/h2-5,12-13,16H,6-9H2,1H3,(H,17,19). The molecule has 2 N–H and O–H groups in total. The minimum absolute atomic E-state index is 0.00963. The smallest absolute Gasteiger partial charge is 0.244 e. The fraction of sp³-hybridized carbons (Fsp3) is 0.467. The molecule has 1 fully saturated rings. The number of nitrogens with zero attached hydrogens (tertiary/aromatic N) is 1. The summed E-state index contributed by atoms with van der Waals surface area (Å²) in [5.41, 5.74) is 2.23. The van der Waals surface area contributed by atoms with Gasteiger partial charge in [-0.3, -0.25) is 9.59 Å². The maximum atomic E-state index is 12.4. The van der Waals surface area contributed by atoms with Gasteiger partial charge in [-0.2, -0.15) is 0 Å². The van der Waals surface area contributed by atoms with Crippen molar-refractivity contribution < 1.29 is 9.59 Å². The fourth-order valence-electron chi connectivity index (χ4n) is 2.96. The summed E-state index contributed by atoms with van der Waals surface area (Å²) in [6, 6.07) is 7.62. The fourth-order valence-corrected chi connectivity index (χ4v) is 2.96. The zero-order chi connectivity index (χ0) is 14.1. The summed E-state index contributed by atoms with van der Waals surface area (Å²) >= 11 is 0. The molecule has 2 amide bonds. The van der Waals surface area contributed by atoms with E-state index in [2.05, 4.69) is 10.6 Å². The van der Waals surface area contributed by atoms with Crippen molar-refractivity contribution in [1.82, 2.24) is 15.5 Å². The van der Waals surface area contributed by atoms with E-state index in [9.17, 15) is 9.59 Å². The molecule has 1 saturated heterocycles. The molecule has 2 aliphatic rings. The lowest BCUT2D eigenvalue weighted by atomic mass is 9.90. The lowest BCUT2D eigenvalue weighted by Crippen LogP contribution is -2.45. The van der Waals surface area contributed by atoms with Crippen LogP contribution < -0.4 is 10.6 Å². The van der Waals surface area contributed by atoms with E-state index in [0.29, 0.717) is 19.5 Å². The van der Waals surface area contributed by atoms with Gasteiger partial charge in [0.1, 0.15) is 6.04 Å². The van der Waals surface area contributed by atoms with Crippen molar-refractivity contribution in [1.29, 1.82) is 0 Å². The Labute approximate surface area is 118 Å². The van der Waals surface area contributed by atoms with Crippen molar-refractivity contribution in [3.63, 3.8) is 0 Å². The second-order valence-electron chi connectivity index (χ2n) is 5.49. The van der Waals surface area contributed by atoms with Crippen LogP contribution in [-0.2, 0) is 16.1 Å². The molecule has 106 valence electrons. The Hall–Kier alpha value is -1.88. The predicted octanol–water partition coefficient (Wildman–Crippen LogP) is 0.220. The summed E-state index contributed by atoms with van der Waals surface area (Å²) < 4.78 is 0. The minimum atomic E-state index is -0.360. The molecular weight excluding hydrogens is 254 g/mol. The Bertz CT molecular complexity index is 544. The van der Waals surface area contributed by atoms with Gasteiger partial charge in [0, 0.05) is 26.7 Å². The molecule has 2 atom stereocenters. The molecule has 2 unspecified atom stereocenters. The van der Waals surface area contributed by atoms with E-state index >= 15 is 0 Å². The number of likely N-dealkylation sites (N-methyl/N-ethyl adjacent to an activating group) is 1. The second-order valence-corrected chi connectivity index (χ2v) is 5.49. The summed E-state index contributed by atoms with van der Waals surface area (Å²) in [6.45, 7) is 2.13. The Kier molecular flexibility index (Phi) is 3.44. The first kappa shape index (κ1) is 13.1. The van der Waals surface area contributed by atoms with Gasteiger partial charge >= 0.3 is 0 Å². The Morgan fingerprint density at radius 1 is 1.40 bits per heavy atom. The van der Waals surface area contributed by atoms with Gasteiger partial charge in [0.05, 0.1) is 5.92 Å². The normalized spacial score (nSPS) is 25.4. The molecule has 0 aliphatic carbocycles. The molecule has 1 aromatic rings. The van der Waals surface area contributed by atoms with Crippen LogP contribution in [0.25, 0.3) is 0 Å². The third-order valence-corrected chi connectivity index (χ3v) is 4.15. The first-order chi connectivity index (χ1) is 9.66. The van der Waals surface area contributed by atoms with Gasteiger partial charge in [-0.05, 0) is 17.5 Å². The van der Waals surface area contributed by atoms with E-state index < -0.39 is 0 Å². The Morgan fingerprint density at radius 2 is 2.20 bits per heavy atom. The van der Waals surface area contributed by atoms with Crippen molar-refractivity contribution >= 4 is 11.8 Å². The molecule has 20 heavy (non-hydrogen) atoms. The van der Waals surface area contributed by atoms with Crippen LogP contribution in [0.2, 0.25) is 0 Å². The minimum Gasteiger partial charge on any atom is -0.344 e. The van der Waals surface area contributed by atoms with Gasteiger partial charge in [-0.25, -0.2) is 0 Å². The highest BCUT2D eigenvalue weighted by Gasteiger charge is 2.33. The maximum Gasteiger partial charge on any atom is 0.244 e. The molecule has 2 aliphatic heterocycles. The number of likely N-dealkylation sites (tertiary alicyclic amines) is 1. The molecule has 3 rings (SSSR count). The van der Waals surface area contributed by atoms with Gasteiger partial charge in [0.2, 0.25) is 11.8 Å². The van der Waals surface area contributed by atoms with Crippen molar-refractivity contribution in [3.8, 4) is 0 Å². The zero-order valence-corrected chi connectivity index (χ0v) is 11.6. The molecule has 0 radical (unpaired) electrons. The second kappa shape index (κ2) is 5.25. The molecule has 0 aromatic heterocycles. The third kappa shape index (κ3) is 2.29. The molecule has 5 heteroatoms. The number of rotatable bonds is 2. The molecule has 5 nitrogen and oxygen atoms in total. The van der Waals surface area contributed by atoms with Crippen LogP contribution in [0.3, 0.4) is 0 Å². The summed E-state index contributed by atoms with van der Waals surface area (Å²) in [7, 11) is 1.77. The lowest BCUT2D eigenvalue weighted by molar-refractivity contribution is -0.132. The lowest BCUT2D eigenvalue weighted by Gasteiger charge is -2.26. The quantitative estimate of drug-likeness (QED) is 0.810.